The maximum atomic E-state index is 2.64. The van der Waals surface area contributed by atoms with Gasteiger partial charge in [-0.15, -0.1) is 0 Å². The molecule has 0 fully saturated rings. The number of anilines is 5. The Kier molecular flexibility index (Phi) is 6.02. The Bertz CT molecular complexity index is 2640. The molecule has 11 rings (SSSR count). The number of hydrogen-bond donors (Lipinski definition) is 0. The normalized spacial score (nSPS) is 13.4. The molecule has 0 unspecified atom stereocenters. The van der Waals surface area contributed by atoms with Crippen molar-refractivity contribution in [1.29, 1.82) is 0 Å². The fourth-order valence-electron chi connectivity index (χ4n) is 8.44. The summed E-state index contributed by atoms with van der Waals surface area (Å²) in [4.78, 5) is 7.77. The van der Waals surface area contributed by atoms with E-state index in [2.05, 4.69) is 186 Å². The second-order valence-corrected chi connectivity index (χ2v) is 14.4. The molecule has 2 nitrogen and oxygen atoms in total. The van der Waals surface area contributed by atoms with Crippen LogP contribution in [-0.4, -0.2) is 6.85 Å². The van der Waals surface area contributed by atoms with Gasteiger partial charge in [0.1, 0.15) is 0 Å². The summed E-state index contributed by atoms with van der Waals surface area (Å²) in [6, 6.07) is 65.0. The molecule has 0 spiro atoms. The highest BCUT2D eigenvalue weighted by Crippen LogP contribution is 2.55. The van der Waals surface area contributed by atoms with Gasteiger partial charge >= 0.3 is 6.85 Å². The minimum absolute atomic E-state index is 0.0252. The molecular weight excluding hydrogens is 623 g/mol. The van der Waals surface area contributed by atoms with Gasteiger partial charge in [-0.3, -0.25) is 0 Å². The number of fused-ring (bicyclic) bond motifs is 8. The van der Waals surface area contributed by atoms with Crippen LogP contribution in [0.3, 0.4) is 0 Å². The Labute approximate surface area is 296 Å². The molecule has 8 aromatic carbocycles. The maximum Gasteiger partial charge on any atom is 0.333 e. The smallest absolute Gasteiger partial charge is 0.333 e. The van der Waals surface area contributed by atoms with Crippen molar-refractivity contribution in [3.8, 4) is 33.4 Å². The van der Waals surface area contributed by atoms with Crippen LogP contribution >= 0.6 is 11.8 Å². The zero-order valence-corrected chi connectivity index (χ0v) is 27.9. The van der Waals surface area contributed by atoms with Crippen molar-refractivity contribution in [2.45, 2.75) is 9.79 Å². The van der Waals surface area contributed by atoms with E-state index in [9.17, 15) is 0 Å². The van der Waals surface area contributed by atoms with Crippen LogP contribution in [0.4, 0.5) is 28.4 Å². The molecule has 0 aromatic heterocycles. The summed E-state index contributed by atoms with van der Waals surface area (Å²) in [5, 5.41) is 2.51. The largest absolute Gasteiger partial charge is 0.376 e. The summed E-state index contributed by atoms with van der Waals surface area (Å²) < 4.78 is 0. The van der Waals surface area contributed by atoms with Crippen LogP contribution < -0.4 is 20.6 Å². The van der Waals surface area contributed by atoms with Gasteiger partial charge in [0.2, 0.25) is 0 Å². The van der Waals surface area contributed by atoms with Crippen LogP contribution in [0.5, 0.6) is 0 Å². The Morgan fingerprint density at radius 1 is 0.440 bits per heavy atom. The van der Waals surface area contributed by atoms with Gasteiger partial charge in [0.25, 0.3) is 0 Å². The van der Waals surface area contributed by atoms with E-state index in [0.717, 1.165) is 0 Å². The van der Waals surface area contributed by atoms with Gasteiger partial charge < -0.3 is 9.71 Å². The summed E-state index contributed by atoms with van der Waals surface area (Å²) in [6.45, 7) is -0.0252. The average molecular weight is 653 g/mol. The Hall–Kier alpha value is -5.97. The Morgan fingerprint density at radius 3 is 1.94 bits per heavy atom. The van der Waals surface area contributed by atoms with Crippen molar-refractivity contribution in [2.24, 2.45) is 0 Å². The van der Waals surface area contributed by atoms with Gasteiger partial charge in [0, 0.05) is 37.8 Å². The second-order valence-electron chi connectivity index (χ2n) is 13.3. The van der Waals surface area contributed by atoms with E-state index >= 15 is 0 Å². The monoisotopic (exact) mass is 652 g/mol. The quantitative estimate of drug-likeness (QED) is 0.175. The number of rotatable bonds is 3. The van der Waals surface area contributed by atoms with Crippen molar-refractivity contribution in [3.63, 3.8) is 0 Å². The lowest BCUT2D eigenvalue weighted by atomic mass is 9.43. The third-order valence-corrected chi connectivity index (χ3v) is 11.7. The van der Waals surface area contributed by atoms with Crippen LogP contribution in [0.15, 0.2) is 186 Å². The molecule has 50 heavy (non-hydrogen) atoms. The predicted octanol–water partition coefficient (Wildman–Crippen LogP) is 11.3. The van der Waals surface area contributed by atoms with Crippen LogP contribution in [0.25, 0.3) is 44.2 Å². The molecule has 0 N–H and O–H groups in total. The summed E-state index contributed by atoms with van der Waals surface area (Å²) in [6.07, 6.45) is 0. The first-order valence-corrected chi connectivity index (χ1v) is 18.0. The topological polar surface area (TPSA) is 6.48 Å². The summed E-state index contributed by atoms with van der Waals surface area (Å²) in [5.41, 5.74) is 16.4. The van der Waals surface area contributed by atoms with Crippen molar-refractivity contribution in [2.75, 3.05) is 9.71 Å². The molecule has 0 bridgehead atoms. The molecule has 0 atom stereocenters. The molecule has 0 radical (unpaired) electrons. The lowest BCUT2D eigenvalue weighted by Crippen LogP contribution is -2.62. The van der Waals surface area contributed by atoms with Gasteiger partial charge in [-0.2, -0.15) is 0 Å². The van der Waals surface area contributed by atoms with Gasteiger partial charge in [-0.25, -0.2) is 0 Å². The molecule has 0 saturated heterocycles. The summed E-state index contributed by atoms with van der Waals surface area (Å²) >= 11 is 1.88. The van der Waals surface area contributed by atoms with Crippen LogP contribution in [0.2, 0.25) is 0 Å². The average Bonchev–Trinajstić information content (AvgIpc) is 3.19. The molecule has 0 saturated carbocycles. The van der Waals surface area contributed by atoms with Gasteiger partial charge in [-0.1, -0.05) is 145 Å². The first-order chi connectivity index (χ1) is 24.8. The zero-order chi connectivity index (χ0) is 32.8. The molecule has 4 heteroatoms. The number of hydrogen-bond acceptors (Lipinski definition) is 3. The summed E-state index contributed by atoms with van der Waals surface area (Å²) in [7, 11) is 0. The lowest BCUT2D eigenvalue weighted by Gasteiger charge is -2.48. The third kappa shape index (κ3) is 4.00. The van der Waals surface area contributed by atoms with E-state index in [1.54, 1.807) is 0 Å². The molecule has 0 amide bonds. The lowest BCUT2D eigenvalue weighted by molar-refractivity contribution is 1.17. The Balaban J connectivity index is 1.26. The highest BCUT2D eigenvalue weighted by molar-refractivity contribution is 7.99. The predicted molar refractivity (Wildman–Crippen MR) is 213 cm³/mol. The molecule has 8 aromatic rings. The van der Waals surface area contributed by atoms with E-state index in [1.165, 1.54) is 93.3 Å². The van der Waals surface area contributed by atoms with Crippen molar-refractivity contribution in [3.05, 3.63) is 176 Å². The van der Waals surface area contributed by atoms with E-state index in [1.807, 2.05) is 11.8 Å². The fraction of sp³-hybridized carbons (Fsp3) is 0. The molecule has 0 aliphatic carbocycles. The minimum Gasteiger partial charge on any atom is -0.376 e. The van der Waals surface area contributed by atoms with E-state index in [-0.39, 0.29) is 6.85 Å². The third-order valence-electron chi connectivity index (χ3n) is 10.6. The van der Waals surface area contributed by atoms with Gasteiger partial charge in [-0.05, 0) is 86.6 Å². The molecule has 3 aliphatic heterocycles. The van der Waals surface area contributed by atoms with Crippen molar-refractivity contribution < 1.29 is 0 Å². The van der Waals surface area contributed by atoms with Crippen LogP contribution in [-0.2, 0) is 0 Å². The highest BCUT2D eigenvalue weighted by atomic mass is 32.2. The summed E-state index contributed by atoms with van der Waals surface area (Å²) in [5.74, 6) is 0. The van der Waals surface area contributed by atoms with E-state index < -0.39 is 0 Å². The molecular formula is C46H29BN2S. The maximum absolute atomic E-state index is 2.64. The van der Waals surface area contributed by atoms with Crippen molar-refractivity contribution in [1.82, 2.24) is 0 Å². The zero-order valence-electron chi connectivity index (χ0n) is 27.1. The first-order valence-electron chi connectivity index (χ1n) is 17.2. The van der Waals surface area contributed by atoms with Crippen LogP contribution in [0, 0.1) is 0 Å². The van der Waals surface area contributed by atoms with Gasteiger partial charge in [0.15, 0.2) is 0 Å². The van der Waals surface area contributed by atoms with Crippen LogP contribution in [0.1, 0.15) is 0 Å². The number of nitrogens with zero attached hydrogens (tertiary/aromatic N) is 2. The fourth-order valence-corrected chi connectivity index (χ4v) is 9.54. The molecule has 232 valence electrons. The minimum atomic E-state index is -0.0252. The van der Waals surface area contributed by atoms with Crippen molar-refractivity contribution >= 4 is 68.7 Å². The molecule has 3 heterocycles. The first kappa shape index (κ1) is 27.9. The number of para-hydroxylation sites is 2. The standard InChI is InChI=1S/C46H29BN2S/c1-3-12-30(13-4-1)32-22-25-35(26-23-32)49-45-36-17-8-7-16-33(36)24-27-37(45)38-28-34(31-14-5-2-6-15-31)29-41-44(38)47(49)39-18-11-21-43-46(39)48(41)40-19-9-10-20-42(40)50-43/h1-29H. The Morgan fingerprint density at radius 2 is 1.12 bits per heavy atom. The number of benzene rings is 8. The van der Waals surface area contributed by atoms with E-state index in [0.29, 0.717) is 0 Å². The second kappa shape index (κ2) is 10.8. The highest BCUT2D eigenvalue weighted by Gasteiger charge is 2.47. The van der Waals surface area contributed by atoms with Gasteiger partial charge in [0.05, 0.1) is 11.4 Å². The molecule has 3 aliphatic rings. The van der Waals surface area contributed by atoms with E-state index in [4.69, 9.17) is 0 Å². The SMILES string of the molecule is c1ccc(-c2ccc(N3B4c5cccc6c5N(c5ccccc5S6)c5cc(-c6ccccc6)cc(c54)-c4ccc5ccccc5c43)cc2)cc1.